The maximum atomic E-state index is 12.0. The number of hydrogen-bond donors (Lipinski definition) is 2. The van der Waals surface area contributed by atoms with Gasteiger partial charge in [0, 0.05) is 18.6 Å². The van der Waals surface area contributed by atoms with Crippen molar-refractivity contribution in [2.75, 3.05) is 26.3 Å². The van der Waals surface area contributed by atoms with Gasteiger partial charge >= 0.3 is 12.1 Å². The van der Waals surface area contributed by atoms with Gasteiger partial charge in [0.25, 0.3) is 0 Å². The summed E-state index contributed by atoms with van der Waals surface area (Å²) in [6.45, 7) is 6.04. The fourth-order valence-corrected chi connectivity index (χ4v) is 2.75. The fourth-order valence-electron chi connectivity index (χ4n) is 2.75. The van der Waals surface area contributed by atoms with Gasteiger partial charge < -0.3 is 19.9 Å². The van der Waals surface area contributed by atoms with Gasteiger partial charge in [0.05, 0.1) is 13.2 Å². The lowest BCUT2D eigenvalue weighted by Crippen LogP contribution is -2.64. The minimum Gasteiger partial charge on any atom is -0.480 e. The zero-order chi connectivity index (χ0) is 17.6. The molecule has 7 nitrogen and oxygen atoms in total. The number of rotatable bonds is 6. The van der Waals surface area contributed by atoms with E-state index in [1.165, 1.54) is 0 Å². The Morgan fingerprint density at radius 2 is 1.92 bits per heavy atom. The second kappa shape index (κ2) is 8.12. The van der Waals surface area contributed by atoms with Gasteiger partial charge in [-0.1, -0.05) is 30.3 Å². The summed E-state index contributed by atoms with van der Waals surface area (Å²) in [5.41, 5.74) is 0.0773. The highest BCUT2D eigenvalue weighted by atomic mass is 16.5. The van der Waals surface area contributed by atoms with Gasteiger partial charge in [0.1, 0.15) is 12.6 Å². The monoisotopic (exact) mass is 336 g/mol. The summed E-state index contributed by atoms with van der Waals surface area (Å²) in [7, 11) is 0. The molecule has 24 heavy (non-hydrogen) atoms. The molecule has 132 valence electrons. The molecular formula is C17H24N2O5. The third-order valence-corrected chi connectivity index (χ3v) is 4.25. The number of alkyl carbamates (subject to hydrolysis) is 1. The van der Waals surface area contributed by atoms with Crippen molar-refractivity contribution in [1.82, 2.24) is 10.2 Å². The molecule has 0 aliphatic carbocycles. The highest BCUT2D eigenvalue weighted by molar-refractivity contribution is 5.81. The molecule has 0 saturated carbocycles. The summed E-state index contributed by atoms with van der Waals surface area (Å²) >= 11 is 0. The van der Waals surface area contributed by atoms with E-state index < -0.39 is 23.6 Å². The molecule has 1 unspecified atom stereocenters. The summed E-state index contributed by atoms with van der Waals surface area (Å²) in [5.74, 6) is -1.09. The molecule has 1 aromatic carbocycles. The van der Waals surface area contributed by atoms with E-state index in [1.54, 1.807) is 13.8 Å². The molecule has 0 bridgehead atoms. The Balaban J connectivity index is 1.96. The van der Waals surface area contributed by atoms with Crippen LogP contribution in [-0.2, 0) is 20.9 Å². The SMILES string of the molecule is CC(C)(C(NC(=O)OCc1ccccc1)C(=O)O)N1CCOCC1. The van der Waals surface area contributed by atoms with Crippen LogP contribution in [0, 0.1) is 0 Å². The number of morpholine rings is 1. The Bertz CT molecular complexity index is 555. The van der Waals surface area contributed by atoms with Crippen LogP contribution in [0.2, 0.25) is 0 Å². The Morgan fingerprint density at radius 1 is 1.29 bits per heavy atom. The normalized spacial score (nSPS) is 17.1. The average Bonchev–Trinajstić information content (AvgIpc) is 2.59. The number of nitrogens with one attached hydrogen (secondary N) is 1. The first-order valence-corrected chi connectivity index (χ1v) is 7.94. The van der Waals surface area contributed by atoms with E-state index in [0.29, 0.717) is 26.3 Å². The van der Waals surface area contributed by atoms with Gasteiger partial charge in [0.15, 0.2) is 0 Å². The Kier molecular flexibility index (Phi) is 6.16. The molecule has 1 amide bonds. The minimum atomic E-state index is -1.09. The summed E-state index contributed by atoms with van der Waals surface area (Å²) in [6, 6.07) is 8.14. The summed E-state index contributed by atoms with van der Waals surface area (Å²) in [6.07, 6.45) is -0.743. The Labute approximate surface area is 141 Å². The number of benzene rings is 1. The Morgan fingerprint density at radius 3 is 2.50 bits per heavy atom. The number of amides is 1. The molecule has 0 spiro atoms. The van der Waals surface area contributed by atoms with Crippen LogP contribution in [-0.4, -0.2) is 60.0 Å². The third kappa shape index (κ3) is 4.69. The van der Waals surface area contributed by atoms with E-state index in [4.69, 9.17) is 9.47 Å². The first-order valence-electron chi connectivity index (χ1n) is 7.94. The van der Waals surface area contributed by atoms with Gasteiger partial charge in [0.2, 0.25) is 0 Å². The number of carbonyl (C=O) groups is 2. The van der Waals surface area contributed by atoms with Gasteiger partial charge in [-0.05, 0) is 19.4 Å². The first kappa shape index (κ1) is 18.2. The maximum Gasteiger partial charge on any atom is 0.408 e. The van der Waals surface area contributed by atoms with Crippen molar-refractivity contribution < 1.29 is 24.2 Å². The standard InChI is InChI=1S/C17H24N2O5/c1-17(2,19-8-10-23-11-9-19)14(15(20)21)18-16(22)24-12-13-6-4-3-5-7-13/h3-7,14H,8-12H2,1-2H3,(H,18,22)(H,20,21). The third-order valence-electron chi connectivity index (χ3n) is 4.25. The van der Waals surface area contributed by atoms with Crippen molar-refractivity contribution >= 4 is 12.1 Å². The van der Waals surface area contributed by atoms with Crippen LogP contribution in [0.15, 0.2) is 30.3 Å². The number of carbonyl (C=O) groups excluding carboxylic acids is 1. The number of aliphatic carboxylic acids is 1. The quantitative estimate of drug-likeness (QED) is 0.818. The van der Waals surface area contributed by atoms with E-state index in [9.17, 15) is 14.7 Å². The number of ether oxygens (including phenoxy) is 2. The minimum absolute atomic E-state index is 0.0942. The molecule has 1 atom stereocenters. The zero-order valence-electron chi connectivity index (χ0n) is 14.0. The van der Waals surface area contributed by atoms with Crippen LogP contribution in [0.25, 0.3) is 0 Å². The molecule has 1 saturated heterocycles. The molecular weight excluding hydrogens is 312 g/mol. The van der Waals surface area contributed by atoms with E-state index in [0.717, 1.165) is 5.56 Å². The molecule has 7 heteroatoms. The van der Waals surface area contributed by atoms with Crippen LogP contribution in [0.5, 0.6) is 0 Å². The highest BCUT2D eigenvalue weighted by Gasteiger charge is 2.42. The summed E-state index contributed by atoms with van der Waals surface area (Å²) < 4.78 is 10.4. The molecule has 1 fully saturated rings. The molecule has 1 aromatic rings. The first-order chi connectivity index (χ1) is 11.4. The highest BCUT2D eigenvalue weighted by Crippen LogP contribution is 2.21. The van der Waals surface area contributed by atoms with Crippen molar-refractivity contribution in [2.24, 2.45) is 0 Å². The number of nitrogens with zero attached hydrogens (tertiary/aromatic N) is 1. The number of carboxylic acid groups (broad SMARTS) is 1. The molecule has 0 aromatic heterocycles. The van der Waals surface area contributed by atoms with E-state index in [-0.39, 0.29) is 6.61 Å². The van der Waals surface area contributed by atoms with Crippen LogP contribution >= 0.6 is 0 Å². The number of carboxylic acids is 1. The topological polar surface area (TPSA) is 88.1 Å². The van der Waals surface area contributed by atoms with Gasteiger partial charge in [-0.2, -0.15) is 0 Å². The van der Waals surface area contributed by atoms with Crippen LogP contribution < -0.4 is 5.32 Å². The molecule has 2 N–H and O–H groups in total. The van der Waals surface area contributed by atoms with E-state index in [2.05, 4.69) is 5.32 Å². The lowest BCUT2D eigenvalue weighted by molar-refractivity contribution is -0.144. The average molecular weight is 336 g/mol. The van der Waals surface area contributed by atoms with E-state index >= 15 is 0 Å². The van der Waals surface area contributed by atoms with Gasteiger partial charge in [-0.3, -0.25) is 4.90 Å². The molecule has 1 heterocycles. The summed E-state index contributed by atoms with van der Waals surface area (Å²) in [4.78, 5) is 25.7. The second-order valence-electron chi connectivity index (χ2n) is 6.23. The maximum absolute atomic E-state index is 12.0. The fraction of sp³-hybridized carbons (Fsp3) is 0.529. The zero-order valence-corrected chi connectivity index (χ0v) is 14.0. The predicted octanol–water partition coefficient (Wildman–Crippen LogP) is 1.48. The summed E-state index contributed by atoms with van der Waals surface area (Å²) in [5, 5.41) is 12.0. The molecule has 1 aliphatic rings. The van der Waals surface area contributed by atoms with Crippen molar-refractivity contribution in [2.45, 2.75) is 32.0 Å². The molecule has 2 rings (SSSR count). The lowest BCUT2D eigenvalue weighted by atomic mass is 9.92. The largest absolute Gasteiger partial charge is 0.480 e. The van der Waals surface area contributed by atoms with Crippen molar-refractivity contribution in [3.05, 3.63) is 35.9 Å². The molecule has 1 aliphatic heterocycles. The van der Waals surface area contributed by atoms with E-state index in [1.807, 2.05) is 35.2 Å². The number of hydrogen-bond acceptors (Lipinski definition) is 5. The van der Waals surface area contributed by atoms with Crippen LogP contribution in [0.4, 0.5) is 4.79 Å². The smallest absolute Gasteiger partial charge is 0.408 e. The lowest BCUT2D eigenvalue weighted by Gasteiger charge is -2.43. The van der Waals surface area contributed by atoms with Gasteiger partial charge in [-0.15, -0.1) is 0 Å². The van der Waals surface area contributed by atoms with Crippen LogP contribution in [0.3, 0.4) is 0 Å². The van der Waals surface area contributed by atoms with Crippen molar-refractivity contribution in [1.29, 1.82) is 0 Å². The van der Waals surface area contributed by atoms with Crippen molar-refractivity contribution in [3.8, 4) is 0 Å². The van der Waals surface area contributed by atoms with Crippen LogP contribution in [0.1, 0.15) is 19.4 Å². The van der Waals surface area contributed by atoms with Gasteiger partial charge in [-0.25, -0.2) is 9.59 Å². The molecule has 0 radical (unpaired) electrons. The Hall–Kier alpha value is -2.12. The predicted molar refractivity (Wildman–Crippen MR) is 87.7 cm³/mol. The van der Waals surface area contributed by atoms with Crippen molar-refractivity contribution in [3.63, 3.8) is 0 Å². The second-order valence-corrected chi connectivity index (χ2v) is 6.23.